The lowest BCUT2D eigenvalue weighted by molar-refractivity contribution is 0.0589. The minimum atomic E-state index is -0.655. The fourth-order valence-corrected chi connectivity index (χ4v) is 1.37. The van der Waals surface area contributed by atoms with Crippen molar-refractivity contribution in [2.45, 2.75) is 26.4 Å². The number of rotatable bonds is 2. The lowest BCUT2D eigenvalue weighted by Gasteiger charge is -2.24. The van der Waals surface area contributed by atoms with E-state index in [1.165, 1.54) is 4.90 Å². The fourth-order valence-electron chi connectivity index (χ4n) is 1.37. The molecule has 3 amide bonds. The molecule has 0 aliphatic heterocycles. The molecule has 1 rings (SSSR count). The van der Waals surface area contributed by atoms with Crippen LogP contribution < -0.4 is 16.0 Å². The van der Waals surface area contributed by atoms with Crippen LogP contribution in [0.4, 0.5) is 21.0 Å². The maximum atomic E-state index is 11.9. The maximum Gasteiger partial charge on any atom is 0.414 e. The highest BCUT2D eigenvalue weighted by molar-refractivity contribution is 5.91. The van der Waals surface area contributed by atoms with Gasteiger partial charge in [0.15, 0.2) is 0 Å². The largest absolute Gasteiger partial charge is 0.443 e. The molecule has 0 atom stereocenters. The zero-order valence-corrected chi connectivity index (χ0v) is 11.6. The molecule has 1 aromatic rings. The summed E-state index contributed by atoms with van der Waals surface area (Å²) in [6, 6.07) is 6.10. The number of urea groups is 1. The van der Waals surface area contributed by atoms with Gasteiger partial charge >= 0.3 is 12.1 Å². The van der Waals surface area contributed by atoms with E-state index >= 15 is 0 Å². The zero-order chi connectivity index (χ0) is 14.6. The van der Waals surface area contributed by atoms with Gasteiger partial charge in [-0.15, -0.1) is 0 Å². The predicted octanol–water partition coefficient (Wildman–Crippen LogP) is 2.55. The third-order valence-electron chi connectivity index (χ3n) is 2.17. The van der Waals surface area contributed by atoms with E-state index in [1.54, 1.807) is 52.1 Å². The van der Waals surface area contributed by atoms with E-state index in [0.29, 0.717) is 11.4 Å². The number of nitrogens with one attached hydrogen (secondary N) is 1. The van der Waals surface area contributed by atoms with E-state index in [4.69, 9.17) is 10.5 Å². The van der Waals surface area contributed by atoms with Crippen LogP contribution in [0.2, 0.25) is 0 Å². The molecule has 0 radical (unpaired) electrons. The van der Waals surface area contributed by atoms with Crippen molar-refractivity contribution in [3.8, 4) is 0 Å². The van der Waals surface area contributed by atoms with Crippen molar-refractivity contribution >= 4 is 23.5 Å². The SMILES string of the molecule is CN(C(=O)OC(C)(C)C)c1cccc(NC(N)=O)c1. The molecule has 0 saturated carbocycles. The van der Waals surface area contributed by atoms with Crippen LogP contribution in [0, 0.1) is 0 Å². The Bertz CT molecular complexity index is 480. The molecule has 0 aliphatic rings. The van der Waals surface area contributed by atoms with Gasteiger partial charge in [0.1, 0.15) is 5.60 Å². The minimum Gasteiger partial charge on any atom is -0.443 e. The van der Waals surface area contributed by atoms with Gasteiger partial charge in [-0.1, -0.05) is 6.07 Å². The average Bonchev–Trinajstić information content (AvgIpc) is 2.25. The first-order chi connectivity index (χ1) is 8.69. The van der Waals surface area contributed by atoms with Gasteiger partial charge in [0.25, 0.3) is 0 Å². The molecular weight excluding hydrogens is 246 g/mol. The Morgan fingerprint density at radius 1 is 1.32 bits per heavy atom. The van der Waals surface area contributed by atoms with Gasteiger partial charge in [-0.3, -0.25) is 4.90 Å². The van der Waals surface area contributed by atoms with Crippen molar-refractivity contribution in [1.82, 2.24) is 0 Å². The molecule has 19 heavy (non-hydrogen) atoms. The summed E-state index contributed by atoms with van der Waals surface area (Å²) in [5, 5.41) is 2.45. The number of benzene rings is 1. The van der Waals surface area contributed by atoms with E-state index in [2.05, 4.69) is 5.32 Å². The van der Waals surface area contributed by atoms with Gasteiger partial charge in [-0.05, 0) is 39.0 Å². The Morgan fingerprint density at radius 3 is 2.47 bits per heavy atom. The number of carbonyl (C=O) groups excluding carboxylic acids is 2. The van der Waals surface area contributed by atoms with Crippen molar-refractivity contribution < 1.29 is 14.3 Å². The number of primary amides is 1. The molecule has 0 unspecified atom stereocenters. The van der Waals surface area contributed by atoms with Crippen LogP contribution in [-0.2, 0) is 4.74 Å². The summed E-state index contributed by atoms with van der Waals surface area (Å²) in [7, 11) is 1.59. The third kappa shape index (κ3) is 4.87. The second-order valence-electron chi connectivity index (χ2n) is 5.08. The molecule has 0 spiro atoms. The number of nitrogens with two attached hydrogens (primary N) is 1. The second-order valence-corrected chi connectivity index (χ2v) is 5.08. The molecule has 0 fully saturated rings. The Balaban J connectivity index is 2.84. The first kappa shape index (κ1) is 14.8. The lowest BCUT2D eigenvalue weighted by Crippen LogP contribution is -2.34. The molecule has 3 N–H and O–H groups in total. The molecule has 0 heterocycles. The molecule has 6 heteroatoms. The highest BCUT2D eigenvalue weighted by Gasteiger charge is 2.20. The summed E-state index contributed by atoms with van der Waals surface area (Å²) >= 11 is 0. The smallest absolute Gasteiger partial charge is 0.414 e. The number of anilines is 2. The summed E-state index contributed by atoms with van der Waals surface area (Å²) in [4.78, 5) is 24.0. The number of nitrogens with zero attached hydrogens (tertiary/aromatic N) is 1. The molecular formula is C13H19N3O3. The standard InChI is InChI=1S/C13H19N3O3/c1-13(2,3)19-12(18)16(4)10-7-5-6-9(8-10)15-11(14)17/h5-8H,1-4H3,(H3,14,15,17). The van der Waals surface area contributed by atoms with Crippen molar-refractivity contribution in [2.24, 2.45) is 5.73 Å². The van der Waals surface area contributed by atoms with Crippen LogP contribution in [0.5, 0.6) is 0 Å². The Kier molecular flexibility index (Phi) is 4.37. The molecule has 6 nitrogen and oxygen atoms in total. The van der Waals surface area contributed by atoms with Gasteiger partial charge in [-0.25, -0.2) is 9.59 Å². The molecule has 0 bridgehead atoms. The quantitative estimate of drug-likeness (QED) is 0.861. The Morgan fingerprint density at radius 2 is 1.95 bits per heavy atom. The highest BCUT2D eigenvalue weighted by Crippen LogP contribution is 2.20. The second kappa shape index (κ2) is 5.60. The lowest BCUT2D eigenvalue weighted by atomic mass is 10.2. The van der Waals surface area contributed by atoms with Crippen LogP contribution in [-0.4, -0.2) is 24.8 Å². The zero-order valence-electron chi connectivity index (χ0n) is 11.6. The van der Waals surface area contributed by atoms with Crippen LogP contribution >= 0.6 is 0 Å². The maximum absolute atomic E-state index is 11.9. The van der Waals surface area contributed by atoms with Crippen LogP contribution in [0.1, 0.15) is 20.8 Å². The van der Waals surface area contributed by atoms with Gasteiger partial charge in [0.2, 0.25) is 0 Å². The number of ether oxygens (including phenoxy) is 1. The summed E-state index contributed by atoms with van der Waals surface area (Å²) in [6.07, 6.45) is -0.469. The minimum absolute atomic E-state index is 0.469. The first-order valence-electron chi connectivity index (χ1n) is 5.82. The van der Waals surface area contributed by atoms with Gasteiger partial charge < -0.3 is 15.8 Å². The van der Waals surface area contributed by atoms with Gasteiger partial charge in [-0.2, -0.15) is 0 Å². The average molecular weight is 265 g/mol. The summed E-state index contributed by atoms with van der Waals surface area (Å²) in [5.74, 6) is 0. The molecule has 0 saturated heterocycles. The number of hydrogen-bond donors (Lipinski definition) is 2. The van der Waals surface area contributed by atoms with Crippen molar-refractivity contribution in [3.63, 3.8) is 0 Å². The van der Waals surface area contributed by atoms with Crippen molar-refractivity contribution in [1.29, 1.82) is 0 Å². The third-order valence-corrected chi connectivity index (χ3v) is 2.17. The topological polar surface area (TPSA) is 84.7 Å². The van der Waals surface area contributed by atoms with E-state index in [9.17, 15) is 9.59 Å². The molecule has 1 aromatic carbocycles. The highest BCUT2D eigenvalue weighted by atomic mass is 16.6. The molecule has 104 valence electrons. The van der Waals surface area contributed by atoms with Gasteiger partial charge in [0, 0.05) is 18.4 Å². The predicted molar refractivity (Wildman–Crippen MR) is 74.3 cm³/mol. The van der Waals surface area contributed by atoms with E-state index in [-0.39, 0.29) is 0 Å². The summed E-state index contributed by atoms with van der Waals surface area (Å²) < 4.78 is 5.25. The van der Waals surface area contributed by atoms with E-state index < -0.39 is 17.7 Å². The normalized spacial score (nSPS) is 10.7. The van der Waals surface area contributed by atoms with Crippen LogP contribution in [0.15, 0.2) is 24.3 Å². The Labute approximate surface area is 112 Å². The van der Waals surface area contributed by atoms with Crippen LogP contribution in [0.3, 0.4) is 0 Å². The molecule has 0 aliphatic carbocycles. The Hall–Kier alpha value is -2.24. The van der Waals surface area contributed by atoms with E-state index in [1.807, 2.05) is 0 Å². The summed E-state index contributed by atoms with van der Waals surface area (Å²) in [6.45, 7) is 5.39. The van der Waals surface area contributed by atoms with Gasteiger partial charge in [0.05, 0.1) is 0 Å². The van der Waals surface area contributed by atoms with Crippen molar-refractivity contribution in [2.75, 3.05) is 17.3 Å². The molecule has 0 aromatic heterocycles. The monoisotopic (exact) mass is 265 g/mol. The fraction of sp³-hybridized carbons (Fsp3) is 0.385. The number of carbonyl (C=O) groups is 2. The van der Waals surface area contributed by atoms with Crippen molar-refractivity contribution in [3.05, 3.63) is 24.3 Å². The summed E-state index contributed by atoms with van der Waals surface area (Å²) in [5.41, 5.74) is 5.59. The number of amides is 3. The first-order valence-corrected chi connectivity index (χ1v) is 5.82. The van der Waals surface area contributed by atoms with E-state index in [0.717, 1.165) is 0 Å². The van der Waals surface area contributed by atoms with Crippen LogP contribution in [0.25, 0.3) is 0 Å². The number of hydrogen-bond acceptors (Lipinski definition) is 3.